The molecule has 1 atom stereocenters. The van der Waals surface area contributed by atoms with Gasteiger partial charge in [-0.2, -0.15) is 0 Å². The van der Waals surface area contributed by atoms with E-state index in [2.05, 4.69) is 15.9 Å². The molecular formula is C10H8BrFO2. The summed E-state index contributed by atoms with van der Waals surface area (Å²) in [6, 6.07) is 1.20. The molecule has 4 heteroatoms. The number of hydrogen-bond acceptors (Lipinski definition) is 2. The third kappa shape index (κ3) is 1.17. The molecule has 0 aliphatic heterocycles. The number of phenolic OH excluding ortho intramolecular Hbond substituents is 1. The Morgan fingerprint density at radius 1 is 1.64 bits per heavy atom. The van der Waals surface area contributed by atoms with E-state index in [1.165, 1.54) is 6.07 Å². The van der Waals surface area contributed by atoms with Crippen LogP contribution in [0.2, 0.25) is 0 Å². The normalized spacial score (nSPS) is 19.9. The van der Waals surface area contributed by atoms with Gasteiger partial charge in [-0.25, -0.2) is 4.39 Å². The highest BCUT2D eigenvalue weighted by Crippen LogP contribution is 2.43. The van der Waals surface area contributed by atoms with Gasteiger partial charge in [0.1, 0.15) is 0 Å². The molecule has 1 aromatic carbocycles. The van der Waals surface area contributed by atoms with Gasteiger partial charge in [-0.15, -0.1) is 0 Å². The number of aromatic hydroxyl groups is 1. The number of carbonyl (C=O) groups excluding carboxylic acids is 1. The van der Waals surface area contributed by atoms with E-state index in [0.717, 1.165) is 0 Å². The SMILES string of the molecule is CC1CC(=O)c2c(O)c(F)cc(Br)c21. The van der Waals surface area contributed by atoms with Crippen molar-refractivity contribution in [2.75, 3.05) is 0 Å². The summed E-state index contributed by atoms with van der Waals surface area (Å²) in [7, 11) is 0. The van der Waals surface area contributed by atoms with Gasteiger partial charge >= 0.3 is 0 Å². The summed E-state index contributed by atoms with van der Waals surface area (Å²) in [4.78, 5) is 11.5. The third-order valence-electron chi connectivity index (χ3n) is 2.51. The molecule has 2 nitrogen and oxygen atoms in total. The van der Waals surface area contributed by atoms with Crippen LogP contribution in [0.15, 0.2) is 10.5 Å². The maximum absolute atomic E-state index is 13.1. The molecule has 0 heterocycles. The smallest absolute Gasteiger partial charge is 0.167 e. The van der Waals surface area contributed by atoms with Crippen molar-refractivity contribution in [1.29, 1.82) is 0 Å². The van der Waals surface area contributed by atoms with E-state index < -0.39 is 11.6 Å². The summed E-state index contributed by atoms with van der Waals surface area (Å²) in [6.45, 7) is 1.88. The van der Waals surface area contributed by atoms with Crippen LogP contribution >= 0.6 is 15.9 Å². The lowest BCUT2D eigenvalue weighted by Crippen LogP contribution is -1.95. The minimum absolute atomic E-state index is 0.0402. The van der Waals surface area contributed by atoms with Crippen molar-refractivity contribution < 1.29 is 14.3 Å². The summed E-state index contributed by atoms with van der Waals surface area (Å²) in [5.41, 5.74) is 0.860. The Hall–Kier alpha value is -0.900. The molecule has 1 N–H and O–H groups in total. The van der Waals surface area contributed by atoms with Crippen LogP contribution in [-0.4, -0.2) is 10.9 Å². The van der Waals surface area contributed by atoms with E-state index in [0.29, 0.717) is 16.5 Å². The van der Waals surface area contributed by atoms with E-state index >= 15 is 0 Å². The topological polar surface area (TPSA) is 37.3 Å². The standard InChI is InChI=1S/C10H8BrFO2/c1-4-2-7(13)9-8(4)5(11)3-6(12)10(9)14/h3-4,14H,2H2,1H3. The number of hydrogen-bond donors (Lipinski definition) is 1. The predicted octanol–water partition coefficient (Wildman–Crippen LogP) is 2.98. The van der Waals surface area contributed by atoms with Gasteiger partial charge in [0.15, 0.2) is 17.3 Å². The fourth-order valence-corrected chi connectivity index (χ4v) is 2.66. The van der Waals surface area contributed by atoms with Crippen LogP contribution in [0.1, 0.15) is 35.2 Å². The van der Waals surface area contributed by atoms with Gasteiger partial charge in [-0.3, -0.25) is 4.79 Å². The molecule has 2 rings (SSSR count). The van der Waals surface area contributed by atoms with Gasteiger partial charge in [0.25, 0.3) is 0 Å². The number of fused-ring (bicyclic) bond motifs is 1. The quantitative estimate of drug-likeness (QED) is 0.777. The molecule has 0 amide bonds. The van der Waals surface area contributed by atoms with E-state index in [1.54, 1.807) is 0 Å². The number of carbonyl (C=O) groups is 1. The van der Waals surface area contributed by atoms with Gasteiger partial charge in [0.05, 0.1) is 5.56 Å². The highest BCUT2D eigenvalue weighted by molar-refractivity contribution is 9.10. The summed E-state index contributed by atoms with van der Waals surface area (Å²) in [5, 5.41) is 9.41. The second kappa shape index (κ2) is 3.05. The second-order valence-electron chi connectivity index (χ2n) is 3.51. The fraction of sp³-hybridized carbons (Fsp3) is 0.300. The van der Waals surface area contributed by atoms with E-state index in [-0.39, 0.29) is 17.3 Å². The van der Waals surface area contributed by atoms with Crippen LogP contribution in [0.5, 0.6) is 5.75 Å². The van der Waals surface area contributed by atoms with Crippen LogP contribution in [-0.2, 0) is 0 Å². The first-order valence-electron chi connectivity index (χ1n) is 4.26. The molecule has 1 aliphatic carbocycles. The molecule has 1 unspecified atom stereocenters. The number of rotatable bonds is 0. The average molecular weight is 259 g/mol. The van der Waals surface area contributed by atoms with Crippen molar-refractivity contribution >= 4 is 21.7 Å². The maximum atomic E-state index is 13.1. The van der Waals surface area contributed by atoms with Crippen molar-refractivity contribution in [2.24, 2.45) is 0 Å². The predicted molar refractivity (Wildman–Crippen MR) is 53.1 cm³/mol. The molecule has 0 saturated carbocycles. The summed E-state index contributed by atoms with van der Waals surface area (Å²) >= 11 is 3.20. The Morgan fingerprint density at radius 3 is 2.93 bits per heavy atom. The Bertz CT molecular complexity index is 429. The van der Waals surface area contributed by atoms with Gasteiger partial charge in [0, 0.05) is 10.9 Å². The molecule has 0 bridgehead atoms. The number of benzene rings is 1. The number of phenols is 1. The number of Topliss-reactive ketones (excluding diaryl/α,β-unsaturated/α-hetero) is 1. The molecule has 14 heavy (non-hydrogen) atoms. The average Bonchev–Trinajstić information content (AvgIpc) is 2.38. The van der Waals surface area contributed by atoms with Crippen molar-refractivity contribution in [2.45, 2.75) is 19.3 Å². The van der Waals surface area contributed by atoms with Gasteiger partial charge in [0.2, 0.25) is 0 Å². The zero-order chi connectivity index (χ0) is 10.5. The second-order valence-corrected chi connectivity index (χ2v) is 4.36. The molecule has 0 spiro atoms. The zero-order valence-electron chi connectivity index (χ0n) is 7.47. The Balaban J connectivity index is 2.79. The molecule has 0 saturated heterocycles. The minimum atomic E-state index is -0.752. The van der Waals surface area contributed by atoms with E-state index in [4.69, 9.17) is 0 Å². The molecule has 1 aliphatic rings. The van der Waals surface area contributed by atoms with Gasteiger partial charge in [-0.05, 0) is 17.5 Å². The lowest BCUT2D eigenvalue weighted by Gasteiger charge is -2.08. The first-order chi connectivity index (χ1) is 6.52. The third-order valence-corrected chi connectivity index (χ3v) is 3.16. The molecule has 0 aromatic heterocycles. The van der Waals surface area contributed by atoms with Crippen molar-refractivity contribution in [1.82, 2.24) is 0 Å². The Labute approximate surface area is 88.9 Å². The van der Waals surface area contributed by atoms with E-state index in [1.807, 2.05) is 6.92 Å². The van der Waals surface area contributed by atoms with Crippen LogP contribution in [0.3, 0.4) is 0 Å². The van der Waals surface area contributed by atoms with Crippen molar-refractivity contribution in [3.05, 3.63) is 27.5 Å². The van der Waals surface area contributed by atoms with Crippen molar-refractivity contribution in [3.63, 3.8) is 0 Å². The molecule has 1 aromatic rings. The fourth-order valence-electron chi connectivity index (χ4n) is 1.87. The van der Waals surface area contributed by atoms with Crippen LogP contribution in [0.25, 0.3) is 0 Å². The van der Waals surface area contributed by atoms with Gasteiger partial charge < -0.3 is 5.11 Å². The number of ketones is 1. The van der Waals surface area contributed by atoms with Gasteiger partial charge in [-0.1, -0.05) is 22.9 Å². The van der Waals surface area contributed by atoms with E-state index in [9.17, 15) is 14.3 Å². The summed E-state index contributed by atoms with van der Waals surface area (Å²) < 4.78 is 13.7. The summed E-state index contributed by atoms with van der Waals surface area (Å²) in [5.74, 6) is -1.42. The highest BCUT2D eigenvalue weighted by Gasteiger charge is 2.32. The first-order valence-corrected chi connectivity index (χ1v) is 5.05. The Kier molecular flexibility index (Phi) is 2.10. The maximum Gasteiger partial charge on any atom is 0.167 e. The van der Waals surface area contributed by atoms with Crippen LogP contribution < -0.4 is 0 Å². The largest absolute Gasteiger partial charge is 0.504 e. The minimum Gasteiger partial charge on any atom is -0.504 e. The lowest BCUT2D eigenvalue weighted by atomic mass is 10.0. The first kappa shape index (κ1) is 9.65. The monoisotopic (exact) mass is 258 g/mol. The lowest BCUT2D eigenvalue weighted by molar-refractivity contribution is 0.0987. The molecular weight excluding hydrogens is 251 g/mol. The molecule has 74 valence electrons. The zero-order valence-corrected chi connectivity index (χ0v) is 9.06. The number of halogens is 2. The summed E-state index contributed by atoms with van der Waals surface area (Å²) in [6.07, 6.45) is 0.338. The van der Waals surface area contributed by atoms with Crippen LogP contribution in [0, 0.1) is 5.82 Å². The van der Waals surface area contributed by atoms with Crippen molar-refractivity contribution in [3.8, 4) is 5.75 Å². The molecule has 0 radical (unpaired) electrons. The van der Waals surface area contributed by atoms with Crippen LogP contribution in [0.4, 0.5) is 4.39 Å². The highest BCUT2D eigenvalue weighted by atomic mass is 79.9. The molecule has 0 fully saturated rings. The Morgan fingerprint density at radius 2 is 2.29 bits per heavy atom.